The number of anilines is 1. The summed E-state index contributed by atoms with van der Waals surface area (Å²) in [7, 11) is 3.64. The van der Waals surface area contributed by atoms with Crippen LogP contribution in [-0.4, -0.2) is 24.0 Å². The van der Waals surface area contributed by atoms with Crippen molar-refractivity contribution >= 4 is 27.4 Å². The maximum absolute atomic E-state index is 10.4. The summed E-state index contributed by atoms with van der Waals surface area (Å²) in [4.78, 5) is 15.7. The molecule has 0 radical (unpaired) electrons. The van der Waals surface area contributed by atoms with Gasteiger partial charge in [-0.05, 0) is 22.0 Å². The van der Waals surface area contributed by atoms with Gasteiger partial charge in [-0.15, -0.1) is 0 Å². The van der Waals surface area contributed by atoms with Gasteiger partial charge in [0.2, 0.25) is 0 Å². The molecule has 1 rings (SSSR count). The third-order valence-corrected chi connectivity index (χ3v) is 2.05. The summed E-state index contributed by atoms with van der Waals surface area (Å²) in [5.74, 6) is 0.678. The molecule has 1 heterocycles. The van der Waals surface area contributed by atoms with E-state index >= 15 is 0 Å². The summed E-state index contributed by atoms with van der Waals surface area (Å²) in [5.41, 5.74) is -0.0226. The number of halogens is 1. The molecule has 0 saturated heterocycles. The number of hydrogen-bond acceptors (Lipinski definition) is 4. The highest BCUT2D eigenvalue weighted by Gasteiger charge is 2.13. The molecular weight excluding hydrogens is 238 g/mol. The number of aromatic nitrogens is 1. The van der Waals surface area contributed by atoms with Crippen LogP contribution in [0.1, 0.15) is 0 Å². The maximum Gasteiger partial charge on any atom is 0.302 e. The Morgan fingerprint density at radius 2 is 2.15 bits per heavy atom. The molecule has 0 aliphatic carbocycles. The van der Waals surface area contributed by atoms with Crippen LogP contribution in [0.15, 0.2) is 16.7 Å². The molecule has 0 aromatic carbocycles. The highest BCUT2D eigenvalue weighted by molar-refractivity contribution is 9.10. The number of hydrogen-bond donors (Lipinski definition) is 0. The van der Waals surface area contributed by atoms with Gasteiger partial charge in [-0.2, -0.15) is 0 Å². The lowest BCUT2D eigenvalue weighted by atomic mass is 10.4. The number of nitro groups is 1. The zero-order chi connectivity index (χ0) is 10.0. The number of pyridine rings is 1. The largest absolute Gasteiger partial charge is 0.363 e. The Hall–Kier alpha value is -1.17. The highest BCUT2D eigenvalue weighted by Crippen LogP contribution is 2.24. The molecule has 1 aromatic heterocycles. The zero-order valence-corrected chi connectivity index (χ0v) is 8.78. The fourth-order valence-corrected chi connectivity index (χ4v) is 1.26. The summed E-state index contributed by atoms with van der Waals surface area (Å²) in [6, 6.07) is 3.02. The third kappa shape index (κ3) is 2.15. The fraction of sp³-hybridized carbons (Fsp3) is 0.286. The Bertz CT molecular complexity index is 341. The predicted octanol–water partition coefficient (Wildman–Crippen LogP) is 1.82. The number of rotatable bonds is 2. The average molecular weight is 246 g/mol. The minimum Gasteiger partial charge on any atom is -0.363 e. The van der Waals surface area contributed by atoms with Crippen LogP contribution in [-0.2, 0) is 0 Å². The van der Waals surface area contributed by atoms with Crippen LogP contribution in [0.4, 0.5) is 11.5 Å². The van der Waals surface area contributed by atoms with Gasteiger partial charge in [0.1, 0.15) is 5.82 Å². The molecule has 0 aliphatic heterocycles. The first-order valence-corrected chi connectivity index (χ1v) is 4.30. The topological polar surface area (TPSA) is 59.3 Å². The second-order valence-electron chi connectivity index (χ2n) is 2.63. The Kier molecular flexibility index (Phi) is 2.82. The highest BCUT2D eigenvalue weighted by atomic mass is 79.9. The Balaban J connectivity index is 3.13. The van der Waals surface area contributed by atoms with Crippen LogP contribution in [0.25, 0.3) is 0 Å². The summed E-state index contributed by atoms with van der Waals surface area (Å²) >= 11 is 3.04. The van der Waals surface area contributed by atoms with Crippen molar-refractivity contribution in [2.45, 2.75) is 0 Å². The van der Waals surface area contributed by atoms with Crippen molar-refractivity contribution < 1.29 is 4.92 Å². The molecular formula is C7H8BrN3O2. The second kappa shape index (κ2) is 3.69. The van der Waals surface area contributed by atoms with Gasteiger partial charge < -0.3 is 4.90 Å². The van der Waals surface area contributed by atoms with Gasteiger partial charge in [-0.3, -0.25) is 10.1 Å². The van der Waals surface area contributed by atoms with E-state index < -0.39 is 4.92 Å². The molecule has 0 saturated carbocycles. The molecule has 0 spiro atoms. The van der Waals surface area contributed by atoms with E-state index in [2.05, 4.69) is 20.9 Å². The Labute approximate surface area is 83.7 Å². The maximum atomic E-state index is 10.4. The van der Waals surface area contributed by atoms with Gasteiger partial charge >= 0.3 is 5.69 Å². The van der Waals surface area contributed by atoms with Crippen molar-refractivity contribution in [3.8, 4) is 0 Å². The lowest BCUT2D eigenvalue weighted by Gasteiger charge is -2.10. The van der Waals surface area contributed by atoms with E-state index in [9.17, 15) is 10.1 Å². The molecule has 0 unspecified atom stereocenters. The van der Waals surface area contributed by atoms with Crippen LogP contribution in [0, 0.1) is 10.1 Å². The fourth-order valence-electron chi connectivity index (χ4n) is 0.803. The molecule has 0 amide bonds. The standard InChI is InChI=1S/C7H8BrN3O2/c1-10(2)6-4-3-5(11(12)13)7(8)9-6/h3-4H,1-2H3. The quantitative estimate of drug-likeness (QED) is 0.453. The van der Waals surface area contributed by atoms with Crippen LogP contribution in [0.3, 0.4) is 0 Å². The van der Waals surface area contributed by atoms with Gasteiger partial charge in [0.15, 0.2) is 4.60 Å². The van der Waals surface area contributed by atoms with Crippen LogP contribution in [0.2, 0.25) is 0 Å². The molecule has 0 atom stereocenters. The lowest BCUT2D eigenvalue weighted by Crippen LogP contribution is -2.10. The Morgan fingerprint density at radius 3 is 2.54 bits per heavy atom. The van der Waals surface area contributed by atoms with Crippen molar-refractivity contribution in [1.82, 2.24) is 4.98 Å². The first kappa shape index (κ1) is 9.91. The second-order valence-corrected chi connectivity index (χ2v) is 3.38. The molecule has 0 aliphatic rings. The van der Waals surface area contributed by atoms with Gasteiger partial charge in [-0.25, -0.2) is 4.98 Å². The van der Waals surface area contributed by atoms with E-state index in [4.69, 9.17) is 0 Å². The summed E-state index contributed by atoms with van der Waals surface area (Å²) < 4.78 is 0.253. The van der Waals surface area contributed by atoms with Gasteiger partial charge in [0, 0.05) is 20.2 Å². The van der Waals surface area contributed by atoms with Crippen molar-refractivity contribution in [1.29, 1.82) is 0 Å². The summed E-state index contributed by atoms with van der Waals surface area (Å²) in [6.45, 7) is 0. The molecule has 0 bridgehead atoms. The molecule has 13 heavy (non-hydrogen) atoms. The SMILES string of the molecule is CN(C)c1ccc([N+](=O)[O-])c(Br)n1. The van der Waals surface area contributed by atoms with Gasteiger partial charge in [-0.1, -0.05) is 0 Å². The van der Waals surface area contributed by atoms with E-state index in [0.29, 0.717) is 5.82 Å². The summed E-state index contributed by atoms with van der Waals surface area (Å²) in [5, 5.41) is 10.4. The Morgan fingerprint density at radius 1 is 1.54 bits per heavy atom. The van der Waals surface area contributed by atoms with Crippen LogP contribution in [0.5, 0.6) is 0 Å². The third-order valence-electron chi connectivity index (χ3n) is 1.47. The monoisotopic (exact) mass is 245 g/mol. The molecule has 6 heteroatoms. The minimum atomic E-state index is -0.476. The summed E-state index contributed by atoms with van der Waals surface area (Å²) in [6.07, 6.45) is 0. The molecule has 0 N–H and O–H groups in total. The first-order valence-electron chi connectivity index (χ1n) is 3.50. The molecule has 70 valence electrons. The smallest absolute Gasteiger partial charge is 0.302 e. The van der Waals surface area contributed by atoms with Crippen molar-refractivity contribution in [2.75, 3.05) is 19.0 Å². The zero-order valence-electron chi connectivity index (χ0n) is 7.19. The van der Waals surface area contributed by atoms with Gasteiger partial charge in [0.25, 0.3) is 0 Å². The van der Waals surface area contributed by atoms with E-state index in [1.54, 1.807) is 11.0 Å². The predicted molar refractivity (Wildman–Crippen MR) is 52.9 cm³/mol. The lowest BCUT2D eigenvalue weighted by molar-refractivity contribution is -0.386. The normalized spacial score (nSPS) is 9.77. The van der Waals surface area contributed by atoms with Crippen molar-refractivity contribution in [3.05, 3.63) is 26.9 Å². The first-order chi connectivity index (χ1) is 6.02. The molecule has 5 nitrogen and oxygen atoms in total. The minimum absolute atomic E-state index is 0.0226. The molecule has 1 aromatic rings. The van der Waals surface area contributed by atoms with Crippen LogP contribution >= 0.6 is 15.9 Å². The van der Waals surface area contributed by atoms with E-state index in [0.717, 1.165) is 0 Å². The van der Waals surface area contributed by atoms with Crippen LogP contribution < -0.4 is 4.90 Å². The van der Waals surface area contributed by atoms with Gasteiger partial charge in [0.05, 0.1) is 4.92 Å². The average Bonchev–Trinajstić information content (AvgIpc) is 2.03. The van der Waals surface area contributed by atoms with E-state index in [1.165, 1.54) is 6.07 Å². The molecule has 0 fully saturated rings. The van der Waals surface area contributed by atoms with Crippen molar-refractivity contribution in [3.63, 3.8) is 0 Å². The van der Waals surface area contributed by atoms with E-state index in [1.807, 2.05) is 14.1 Å². The van der Waals surface area contributed by atoms with E-state index in [-0.39, 0.29) is 10.3 Å². The number of nitrogens with zero attached hydrogens (tertiary/aromatic N) is 3. The van der Waals surface area contributed by atoms with Crippen molar-refractivity contribution in [2.24, 2.45) is 0 Å².